The summed E-state index contributed by atoms with van der Waals surface area (Å²) in [6.45, 7) is 0.0972. The average molecular weight is 405 g/mol. The summed E-state index contributed by atoms with van der Waals surface area (Å²) in [5, 5.41) is 0. The molecule has 3 aromatic rings. The van der Waals surface area contributed by atoms with Crippen molar-refractivity contribution in [1.82, 2.24) is 0 Å². The van der Waals surface area contributed by atoms with Gasteiger partial charge in [-0.05, 0) is 23.3 Å². The first-order valence-electron chi connectivity index (χ1n) is 8.38. The Morgan fingerprint density at radius 3 is 1.70 bits per heavy atom. The molecule has 0 aliphatic rings. The SMILES string of the molecule is Cl.O=P(O)(COc1ccccc1)OCC(c1ccccc1)c1ccccc1. The summed E-state index contributed by atoms with van der Waals surface area (Å²) in [6, 6.07) is 28.6. The third-order valence-electron chi connectivity index (χ3n) is 3.98. The second-order valence-corrected chi connectivity index (χ2v) is 7.68. The molecule has 0 amide bonds. The van der Waals surface area contributed by atoms with Crippen LogP contribution in [0, 0.1) is 0 Å². The van der Waals surface area contributed by atoms with Crippen LogP contribution in [-0.2, 0) is 9.09 Å². The van der Waals surface area contributed by atoms with Gasteiger partial charge in [0.2, 0.25) is 0 Å². The molecule has 0 fully saturated rings. The number of ether oxygens (including phenoxy) is 1. The number of para-hydroxylation sites is 1. The maximum Gasteiger partial charge on any atom is 0.365 e. The quantitative estimate of drug-likeness (QED) is 0.505. The van der Waals surface area contributed by atoms with E-state index >= 15 is 0 Å². The van der Waals surface area contributed by atoms with E-state index in [1.165, 1.54) is 0 Å². The molecule has 1 unspecified atom stereocenters. The Hall–Kier alpha value is -2.10. The molecule has 0 bridgehead atoms. The summed E-state index contributed by atoms with van der Waals surface area (Å²) >= 11 is 0. The van der Waals surface area contributed by atoms with Crippen LogP contribution in [0.3, 0.4) is 0 Å². The van der Waals surface area contributed by atoms with Crippen molar-refractivity contribution < 1.29 is 18.7 Å². The van der Waals surface area contributed by atoms with Crippen LogP contribution in [0.2, 0.25) is 0 Å². The van der Waals surface area contributed by atoms with E-state index in [1.807, 2.05) is 66.7 Å². The molecule has 4 nitrogen and oxygen atoms in total. The number of rotatable bonds is 8. The fraction of sp³-hybridized carbons (Fsp3) is 0.143. The largest absolute Gasteiger partial charge is 0.481 e. The zero-order valence-electron chi connectivity index (χ0n) is 14.7. The third kappa shape index (κ3) is 6.53. The standard InChI is InChI=1S/C21H21O4P.ClH/c22-26(23,17-24-20-14-8-3-9-15-20)25-16-21(18-10-4-1-5-11-18)19-12-6-2-7-13-19;/h1-15,21H,16-17H2,(H,22,23);1H. The summed E-state index contributed by atoms with van der Waals surface area (Å²) in [7, 11) is -3.87. The van der Waals surface area contributed by atoms with Gasteiger partial charge in [-0.2, -0.15) is 0 Å². The highest BCUT2D eigenvalue weighted by molar-refractivity contribution is 7.52. The van der Waals surface area contributed by atoms with E-state index < -0.39 is 7.60 Å². The lowest BCUT2D eigenvalue weighted by atomic mass is 9.92. The highest BCUT2D eigenvalue weighted by atomic mass is 35.5. The molecule has 142 valence electrons. The Labute approximate surface area is 165 Å². The molecule has 0 spiro atoms. The van der Waals surface area contributed by atoms with Crippen LogP contribution in [-0.4, -0.2) is 17.8 Å². The topological polar surface area (TPSA) is 55.8 Å². The molecule has 1 atom stereocenters. The molecule has 6 heteroatoms. The lowest BCUT2D eigenvalue weighted by Gasteiger charge is -2.20. The maximum absolute atomic E-state index is 12.4. The van der Waals surface area contributed by atoms with Crippen LogP contribution in [0.25, 0.3) is 0 Å². The van der Waals surface area contributed by atoms with E-state index in [4.69, 9.17) is 9.26 Å². The number of hydrogen-bond donors (Lipinski definition) is 1. The Balaban J connectivity index is 0.00000261. The van der Waals surface area contributed by atoms with Crippen LogP contribution in [0.5, 0.6) is 5.75 Å². The molecule has 3 rings (SSSR count). The zero-order valence-corrected chi connectivity index (χ0v) is 16.4. The molecule has 0 saturated carbocycles. The smallest absolute Gasteiger partial charge is 0.365 e. The van der Waals surface area contributed by atoms with E-state index in [9.17, 15) is 9.46 Å². The van der Waals surface area contributed by atoms with Gasteiger partial charge < -0.3 is 14.2 Å². The Bertz CT molecular complexity index is 804. The summed E-state index contributed by atoms with van der Waals surface area (Å²) in [6.07, 6.45) is -0.382. The van der Waals surface area contributed by atoms with Gasteiger partial charge in [0.1, 0.15) is 5.75 Å². The third-order valence-corrected chi connectivity index (χ3v) is 4.99. The average Bonchev–Trinajstić information content (AvgIpc) is 2.69. The van der Waals surface area contributed by atoms with Crippen molar-refractivity contribution in [2.24, 2.45) is 0 Å². The second kappa shape index (κ2) is 10.3. The molecule has 0 aliphatic heterocycles. The van der Waals surface area contributed by atoms with Gasteiger partial charge in [-0.15, -0.1) is 12.4 Å². The summed E-state index contributed by atoms with van der Waals surface area (Å²) in [5.41, 5.74) is 2.06. The van der Waals surface area contributed by atoms with E-state index in [0.29, 0.717) is 5.75 Å². The fourth-order valence-electron chi connectivity index (χ4n) is 2.66. The van der Waals surface area contributed by atoms with Gasteiger partial charge in [-0.1, -0.05) is 78.9 Å². The zero-order chi connectivity index (χ0) is 18.2. The molecular formula is C21H22ClO4P. The van der Waals surface area contributed by atoms with Gasteiger partial charge in [0.05, 0.1) is 6.61 Å². The Morgan fingerprint density at radius 1 is 0.778 bits per heavy atom. The minimum Gasteiger partial charge on any atom is -0.481 e. The van der Waals surface area contributed by atoms with Gasteiger partial charge in [-0.25, -0.2) is 0 Å². The normalized spacial score (nSPS) is 12.8. The van der Waals surface area contributed by atoms with Gasteiger partial charge in [0.15, 0.2) is 6.35 Å². The highest BCUT2D eigenvalue weighted by Crippen LogP contribution is 2.43. The first-order valence-corrected chi connectivity index (χ1v) is 10.1. The lowest BCUT2D eigenvalue weighted by Crippen LogP contribution is -2.11. The molecule has 0 radical (unpaired) electrons. The van der Waals surface area contributed by atoms with E-state index in [-0.39, 0.29) is 31.3 Å². The van der Waals surface area contributed by atoms with Crippen molar-refractivity contribution >= 4 is 20.0 Å². The first-order chi connectivity index (χ1) is 12.6. The summed E-state index contributed by atoms with van der Waals surface area (Å²) in [4.78, 5) is 10.1. The van der Waals surface area contributed by atoms with Crippen molar-refractivity contribution in [3.8, 4) is 5.75 Å². The molecular weight excluding hydrogens is 383 g/mol. The number of halogens is 1. The van der Waals surface area contributed by atoms with Gasteiger partial charge in [-0.3, -0.25) is 4.57 Å². The predicted octanol–water partition coefficient (Wildman–Crippen LogP) is 5.48. The molecule has 3 aromatic carbocycles. The molecule has 0 aliphatic carbocycles. The molecule has 0 heterocycles. The van der Waals surface area contributed by atoms with Crippen LogP contribution in [0.15, 0.2) is 91.0 Å². The highest BCUT2D eigenvalue weighted by Gasteiger charge is 2.24. The van der Waals surface area contributed by atoms with E-state index in [2.05, 4.69) is 0 Å². The molecule has 0 saturated heterocycles. The second-order valence-electron chi connectivity index (χ2n) is 5.89. The van der Waals surface area contributed by atoms with Crippen molar-refractivity contribution in [1.29, 1.82) is 0 Å². The first kappa shape index (κ1) is 21.2. The lowest BCUT2D eigenvalue weighted by molar-refractivity contribution is 0.224. The van der Waals surface area contributed by atoms with Crippen molar-refractivity contribution in [3.05, 3.63) is 102 Å². The Kier molecular flexibility index (Phi) is 8.08. The summed E-state index contributed by atoms with van der Waals surface area (Å²) in [5.74, 6) is 0.405. The minimum atomic E-state index is -3.87. The summed E-state index contributed by atoms with van der Waals surface area (Å²) < 4.78 is 23.1. The van der Waals surface area contributed by atoms with Crippen molar-refractivity contribution in [2.45, 2.75) is 5.92 Å². The van der Waals surface area contributed by atoms with Gasteiger partial charge in [0.25, 0.3) is 0 Å². The molecule has 0 aromatic heterocycles. The fourth-order valence-corrected chi connectivity index (χ4v) is 3.43. The van der Waals surface area contributed by atoms with Crippen LogP contribution in [0.4, 0.5) is 0 Å². The van der Waals surface area contributed by atoms with Crippen molar-refractivity contribution in [3.63, 3.8) is 0 Å². The Morgan fingerprint density at radius 2 is 1.22 bits per heavy atom. The minimum absolute atomic E-state index is 0. The van der Waals surface area contributed by atoms with E-state index in [1.54, 1.807) is 24.3 Å². The number of benzene rings is 3. The van der Waals surface area contributed by atoms with E-state index in [0.717, 1.165) is 11.1 Å². The van der Waals surface area contributed by atoms with Crippen LogP contribution >= 0.6 is 20.0 Å². The van der Waals surface area contributed by atoms with Crippen LogP contribution < -0.4 is 4.74 Å². The van der Waals surface area contributed by atoms with Gasteiger partial charge in [0, 0.05) is 5.92 Å². The predicted molar refractivity (Wildman–Crippen MR) is 110 cm³/mol. The van der Waals surface area contributed by atoms with Gasteiger partial charge >= 0.3 is 7.60 Å². The van der Waals surface area contributed by atoms with Crippen LogP contribution in [0.1, 0.15) is 17.0 Å². The molecule has 1 N–H and O–H groups in total. The van der Waals surface area contributed by atoms with Crippen molar-refractivity contribution in [2.75, 3.05) is 13.0 Å². The maximum atomic E-state index is 12.4. The monoisotopic (exact) mass is 404 g/mol. The molecule has 27 heavy (non-hydrogen) atoms. The number of hydrogen-bond acceptors (Lipinski definition) is 3.